The molecule has 0 heterocycles. The SMILES string of the molecule is COc1ccc(C2=C(O)C(=O)CCC2)cc1OC. The van der Waals surface area contributed by atoms with E-state index in [1.165, 1.54) is 0 Å². The number of ether oxygens (including phenoxy) is 2. The molecular weight excluding hydrogens is 232 g/mol. The van der Waals surface area contributed by atoms with Crippen molar-refractivity contribution in [3.8, 4) is 11.5 Å². The average molecular weight is 248 g/mol. The van der Waals surface area contributed by atoms with Crippen molar-refractivity contribution in [2.24, 2.45) is 0 Å². The normalized spacial score (nSPS) is 15.8. The number of hydrogen-bond acceptors (Lipinski definition) is 4. The van der Waals surface area contributed by atoms with E-state index in [0.29, 0.717) is 29.9 Å². The second-order valence-corrected chi connectivity index (χ2v) is 4.17. The number of carbonyl (C=O) groups excluding carboxylic acids is 1. The molecule has 4 nitrogen and oxygen atoms in total. The van der Waals surface area contributed by atoms with Crippen LogP contribution in [0.25, 0.3) is 5.57 Å². The predicted molar refractivity (Wildman–Crippen MR) is 68.0 cm³/mol. The molecule has 0 radical (unpaired) electrons. The molecule has 2 rings (SSSR count). The molecule has 0 fully saturated rings. The first-order valence-corrected chi connectivity index (χ1v) is 5.85. The van der Waals surface area contributed by atoms with Crippen molar-refractivity contribution in [2.45, 2.75) is 19.3 Å². The standard InChI is InChI=1S/C14H16O4/c1-17-12-7-6-9(8-13(12)18-2)10-4-3-5-11(15)14(10)16/h6-8,16H,3-5H2,1-2H3. The van der Waals surface area contributed by atoms with Crippen molar-refractivity contribution >= 4 is 11.4 Å². The van der Waals surface area contributed by atoms with Crippen LogP contribution >= 0.6 is 0 Å². The minimum Gasteiger partial charge on any atom is -0.504 e. The highest BCUT2D eigenvalue weighted by molar-refractivity contribution is 6.01. The zero-order valence-electron chi connectivity index (χ0n) is 10.5. The molecule has 1 aromatic rings. The van der Waals surface area contributed by atoms with Gasteiger partial charge in [0, 0.05) is 12.0 Å². The summed E-state index contributed by atoms with van der Waals surface area (Å²) < 4.78 is 10.4. The van der Waals surface area contributed by atoms with Gasteiger partial charge in [0.05, 0.1) is 14.2 Å². The summed E-state index contributed by atoms with van der Waals surface area (Å²) in [6.45, 7) is 0. The highest BCUT2D eigenvalue weighted by Crippen LogP contribution is 2.34. The van der Waals surface area contributed by atoms with Gasteiger partial charge in [-0.05, 0) is 30.5 Å². The lowest BCUT2D eigenvalue weighted by atomic mass is 9.91. The molecule has 0 aromatic heterocycles. The third kappa shape index (κ3) is 2.18. The van der Waals surface area contributed by atoms with Gasteiger partial charge in [0.25, 0.3) is 0 Å². The topological polar surface area (TPSA) is 55.8 Å². The van der Waals surface area contributed by atoms with E-state index in [1.54, 1.807) is 26.4 Å². The monoisotopic (exact) mass is 248 g/mol. The number of aliphatic hydroxyl groups excluding tert-OH is 1. The smallest absolute Gasteiger partial charge is 0.197 e. The number of Topliss-reactive ketones (excluding diaryl/α,β-unsaturated/α-hetero) is 1. The summed E-state index contributed by atoms with van der Waals surface area (Å²) in [5.74, 6) is 0.913. The number of rotatable bonds is 3. The van der Waals surface area contributed by atoms with Gasteiger partial charge in [-0.1, -0.05) is 6.07 Å². The van der Waals surface area contributed by atoms with E-state index in [-0.39, 0.29) is 11.5 Å². The summed E-state index contributed by atoms with van der Waals surface area (Å²) in [5, 5.41) is 9.84. The van der Waals surface area contributed by atoms with Crippen molar-refractivity contribution in [1.29, 1.82) is 0 Å². The maximum absolute atomic E-state index is 11.5. The van der Waals surface area contributed by atoms with E-state index in [4.69, 9.17) is 9.47 Å². The fourth-order valence-electron chi connectivity index (χ4n) is 2.14. The third-order valence-corrected chi connectivity index (χ3v) is 3.11. The first-order chi connectivity index (χ1) is 8.67. The Morgan fingerprint density at radius 3 is 2.50 bits per heavy atom. The van der Waals surface area contributed by atoms with Crippen LogP contribution in [0.5, 0.6) is 11.5 Å². The van der Waals surface area contributed by atoms with Crippen LogP contribution in [0.3, 0.4) is 0 Å². The van der Waals surface area contributed by atoms with Gasteiger partial charge in [-0.25, -0.2) is 0 Å². The van der Waals surface area contributed by atoms with Gasteiger partial charge < -0.3 is 14.6 Å². The lowest BCUT2D eigenvalue weighted by Gasteiger charge is -2.16. The number of aliphatic hydroxyl groups is 1. The lowest BCUT2D eigenvalue weighted by molar-refractivity contribution is -0.118. The lowest BCUT2D eigenvalue weighted by Crippen LogP contribution is -2.10. The second kappa shape index (κ2) is 5.12. The maximum atomic E-state index is 11.5. The molecule has 0 spiro atoms. The molecule has 4 heteroatoms. The molecular formula is C14H16O4. The number of ketones is 1. The zero-order chi connectivity index (χ0) is 13.1. The van der Waals surface area contributed by atoms with Crippen molar-refractivity contribution in [2.75, 3.05) is 14.2 Å². The molecule has 18 heavy (non-hydrogen) atoms. The second-order valence-electron chi connectivity index (χ2n) is 4.17. The highest BCUT2D eigenvalue weighted by atomic mass is 16.5. The quantitative estimate of drug-likeness (QED) is 0.893. The maximum Gasteiger partial charge on any atom is 0.197 e. The molecule has 1 aliphatic rings. The molecule has 1 aromatic carbocycles. The van der Waals surface area contributed by atoms with E-state index < -0.39 is 0 Å². The van der Waals surface area contributed by atoms with Crippen molar-refractivity contribution in [1.82, 2.24) is 0 Å². The van der Waals surface area contributed by atoms with E-state index in [9.17, 15) is 9.90 Å². The fourth-order valence-corrected chi connectivity index (χ4v) is 2.14. The molecule has 1 aliphatic carbocycles. The fraction of sp³-hybridized carbons (Fsp3) is 0.357. The van der Waals surface area contributed by atoms with Gasteiger partial charge in [-0.3, -0.25) is 4.79 Å². The van der Waals surface area contributed by atoms with Gasteiger partial charge in [-0.15, -0.1) is 0 Å². The van der Waals surface area contributed by atoms with Crippen LogP contribution in [0.2, 0.25) is 0 Å². The zero-order valence-corrected chi connectivity index (χ0v) is 10.5. The summed E-state index contributed by atoms with van der Waals surface area (Å²) in [6.07, 6.45) is 1.89. The number of allylic oxidation sites excluding steroid dienone is 2. The first-order valence-electron chi connectivity index (χ1n) is 5.85. The van der Waals surface area contributed by atoms with Crippen LogP contribution < -0.4 is 9.47 Å². The van der Waals surface area contributed by atoms with E-state index in [0.717, 1.165) is 12.0 Å². The van der Waals surface area contributed by atoms with Gasteiger partial charge in [0.15, 0.2) is 23.0 Å². The Bertz CT molecular complexity index is 503. The van der Waals surface area contributed by atoms with Crippen LogP contribution in [0.4, 0.5) is 0 Å². The Morgan fingerprint density at radius 1 is 1.11 bits per heavy atom. The summed E-state index contributed by atoms with van der Waals surface area (Å²) in [4.78, 5) is 11.5. The minimum absolute atomic E-state index is 0.117. The van der Waals surface area contributed by atoms with E-state index in [1.807, 2.05) is 6.07 Å². The number of methoxy groups -OCH3 is 2. The Hall–Kier alpha value is -1.97. The van der Waals surface area contributed by atoms with Gasteiger partial charge in [0.1, 0.15) is 0 Å². The molecule has 1 N–H and O–H groups in total. The number of benzene rings is 1. The van der Waals surface area contributed by atoms with E-state index in [2.05, 4.69) is 0 Å². The Balaban J connectivity index is 2.45. The van der Waals surface area contributed by atoms with Crippen LogP contribution in [0.1, 0.15) is 24.8 Å². The van der Waals surface area contributed by atoms with Crippen LogP contribution in [-0.4, -0.2) is 25.1 Å². The number of carbonyl (C=O) groups is 1. The van der Waals surface area contributed by atoms with Crippen LogP contribution in [-0.2, 0) is 4.79 Å². The molecule has 0 amide bonds. The molecule has 96 valence electrons. The van der Waals surface area contributed by atoms with Gasteiger partial charge in [-0.2, -0.15) is 0 Å². The first kappa shape index (κ1) is 12.5. The third-order valence-electron chi connectivity index (χ3n) is 3.11. The van der Waals surface area contributed by atoms with Crippen molar-refractivity contribution in [3.63, 3.8) is 0 Å². The Morgan fingerprint density at radius 2 is 1.83 bits per heavy atom. The predicted octanol–water partition coefficient (Wildman–Crippen LogP) is 2.73. The molecule has 0 aliphatic heterocycles. The average Bonchev–Trinajstić information content (AvgIpc) is 2.41. The van der Waals surface area contributed by atoms with E-state index >= 15 is 0 Å². The Labute approximate surface area is 106 Å². The molecule has 0 saturated carbocycles. The summed E-state index contributed by atoms with van der Waals surface area (Å²) in [5.41, 5.74) is 1.49. The highest BCUT2D eigenvalue weighted by Gasteiger charge is 2.21. The molecule has 0 unspecified atom stereocenters. The molecule has 0 atom stereocenters. The van der Waals surface area contributed by atoms with Crippen LogP contribution in [0.15, 0.2) is 24.0 Å². The molecule has 0 saturated heterocycles. The largest absolute Gasteiger partial charge is 0.504 e. The number of hydrogen-bond donors (Lipinski definition) is 1. The molecule has 0 bridgehead atoms. The summed E-state index contributed by atoms with van der Waals surface area (Å²) in [6, 6.07) is 5.38. The Kier molecular flexibility index (Phi) is 3.55. The summed E-state index contributed by atoms with van der Waals surface area (Å²) >= 11 is 0. The van der Waals surface area contributed by atoms with Crippen LogP contribution in [0, 0.1) is 0 Å². The van der Waals surface area contributed by atoms with Gasteiger partial charge in [0.2, 0.25) is 0 Å². The van der Waals surface area contributed by atoms with Crippen molar-refractivity contribution in [3.05, 3.63) is 29.5 Å². The summed E-state index contributed by atoms with van der Waals surface area (Å²) in [7, 11) is 3.13. The minimum atomic E-state index is -0.189. The van der Waals surface area contributed by atoms with Crippen molar-refractivity contribution < 1.29 is 19.4 Å². The van der Waals surface area contributed by atoms with Gasteiger partial charge >= 0.3 is 0 Å².